The molecule has 1 fully saturated rings. The third-order valence-corrected chi connectivity index (χ3v) is 4.04. The molecule has 1 atom stereocenters. The zero-order chi connectivity index (χ0) is 19.2. The van der Waals surface area contributed by atoms with Crippen molar-refractivity contribution in [3.8, 4) is 5.75 Å². The van der Waals surface area contributed by atoms with Gasteiger partial charge < -0.3 is 19.7 Å². The molecule has 9 heteroatoms. The molecule has 26 heavy (non-hydrogen) atoms. The van der Waals surface area contributed by atoms with E-state index in [0.29, 0.717) is 31.7 Å². The monoisotopic (exact) mass is 374 g/mol. The van der Waals surface area contributed by atoms with Gasteiger partial charge in [-0.3, -0.25) is 9.59 Å². The Morgan fingerprint density at radius 1 is 1.38 bits per heavy atom. The van der Waals surface area contributed by atoms with E-state index in [0.717, 1.165) is 0 Å². The van der Waals surface area contributed by atoms with Crippen molar-refractivity contribution in [2.75, 3.05) is 26.8 Å². The number of rotatable bonds is 7. The van der Waals surface area contributed by atoms with Gasteiger partial charge in [-0.15, -0.1) is 13.2 Å². The lowest BCUT2D eigenvalue weighted by atomic mass is 9.96. The summed E-state index contributed by atoms with van der Waals surface area (Å²) in [5.41, 5.74) is 0.489. The molecular weight excluding hydrogens is 353 g/mol. The highest BCUT2D eigenvalue weighted by Crippen LogP contribution is 2.23. The van der Waals surface area contributed by atoms with Gasteiger partial charge in [-0.25, -0.2) is 0 Å². The number of halogens is 3. The number of hydrogen-bond acceptors (Lipinski definition) is 4. The van der Waals surface area contributed by atoms with Crippen LogP contribution in [-0.4, -0.2) is 49.9 Å². The molecule has 1 aliphatic heterocycles. The van der Waals surface area contributed by atoms with Crippen molar-refractivity contribution in [3.63, 3.8) is 0 Å². The van der Waals surface area contributed by atoms with Crippen molar-refractivity contribution < 1.29 is 32.2 Å². The third kappa shape index (κ3) is 6.21. The Morgan fingerprint density at radius 2 is 2.15 bits per heavy atom. The summed E-state index contributed by atoms with van der Waals surface area (Å²) in [5.74, 6) is -0.928. The highest BCUT2D eigenvalue weighted by atomic mass is 19.4. The highest BCUT2D eigenvalue weighted by molar-refractivity contribution is 5.83. The molecule has 0 aromatic heterocycles. The molecule has 6 nitrogen and oxygen atoms in total. The van der Waals surface area contributed by atoms with Crippen LogP contribution in [0.1, 0.15) is 18.4 Å². The van der Waals surface area contributed by atoms with E-state index >= 15 is 0 Å². The Hall–Kier alpha value is -2.29. The summed E-state index contributed by atoms with van der Waals surface area (Å²) in [6, 6.07) is 5.44. The largest absolute Gasteiger partial charge is 0.573 e. The zero-order valence-electron chi connectivity index (χ0n) is 14.3. The summed E-state index contributed by atoms with van der Waals surface area (Å²) in [7, 11) is 1.54. The van der Waals surface area contributed by atoms with Gasteiger partial charge in [0.25, 0.3) is 0 Å². The zero-order valence-corrected chi connectivity index (χ0v) is 14.3. The summed E-state index contributed by atoms with van der Waals surface area (Å²) >= 11 is 0. The number of ether oxygens (including phenoxy) is 2. The summed E-state index contributed by atoms with van der Waals surface area (Å²) < 4.78 is 45.6. The van der Waals surface area contributed by atoms with E-state index < -0.39 is 6.36 Å². The number of carbonyl (C=O) groups is 2. The first-order chi connectivity index (χ1) is 12.3. The van der Waals surface area contributed by atoms with E-state index in [1.165, 1.54) is 25.3 Å². The molecule has 1 N–H and O–H groups in total. The van der Waals surface area contributed by atoms with Crippen LogP contribution in [0.15, 0.2) is 24.3 Å². The number of amides is 2. The molecule has 0 spiro atoms. The second-order valence-electron chi connectivity index (χ2n) is 5.98. The molecule has 1 aromatic carbocycles. The fourth-order valence-electron chi connectivity index (χ4n) is 2.73. The number of hydrogen-bond donors (Lipinski definition) is 1. The Bertz CT molecular complexity index is 637. The number of methoxy groups -OCH3 is 1. The topological polar surface area (TPSA) is 67.9 Å². The number of benzene rings is 1. The Kier molecular flexibility index (Phi) is 6.84. The van der Waals surface area contributed by atoms with Crippen LogP contribution in [0.4, 0.5) is 13.2 Å². The summed E-state index contributed by atoms with van der Waals surface area (Å²) in [6.07, 6.45) is -4.02. The molecule has 1 aliphatic rings. The Labute approximate surface area is 149 Å². The van der Waals surface area contributed by atoms with Crippen molar-refractivity contribution in [2.24, 2.45) is 5.92 Å². The number of likely N-dealkylation sites (tertiary alicyclic amines) is 1. The second-order valence-corrected chi connectivity index (χ2v) is 5.98. The van der Waals surface area contributed by atoms with Crippen molar-refractivity contribution >= 4 is 11.8 Å². The van der Waals surface area contributed by atoms with E-state index in [-0.39, 0.29) is 36.4 Å². The van der Waals surface area contributed by atoms with E-state index in [9.17, 15) is 22.8 Å². The average Bonchev–Trinajstić information content (AvgIpc) is 2.58. The molecule has 1 saturated heterocycles. The Balaban J connectivity index is 1.88. The fraction of sp³-hybridized carbons (Fsp3) is 0.529. The van der Waals surface area contributed by atoms with Crippen LogP contribution in [0, 0.1) is 5.92 Å². The molecule has 2 rings (SSSR count). The third-order valence-electron chi connectivity index (χ3n) is 4.04. The van der Waals surface area contributed by atoms with Crippen LogP contribution >= 0.6 is 0 Å². The van der Waals surface area contributed by atoms with Gasteiger partial charge in [0.15, 0.2) is 0 Å². The molecule has 144 valence electrons. The average molecular weight is 374 g/mol. The highest BCUT2D eigenvalue weighted by Gasteiger charge is 2.31. The van der Waals surface area contributed by atoms with Gasteiger partial charge in [0.2, 0.25) is 11.8 Å². The maximum Gasteiger partial charge on any atom is 0.573 e. The standard InChI is InChI=1S/C17H21F3N2O4/c1-25-8-7-22-11-13(5-6-15(22)23)16(24)21-10-12-3-2-4-14(9-12)26-17(18,19)20/h2-4,9,13H,5-8,10-11H2,1H3,(H,21,24)/t13-/m0/s1. The molecule has 1 heterocycles. The van der Waals surface area contributed by atoms with Crippen molar-refractivity contribution in [2.45, 2.75) is 25.7 Å². The molecule has 0 radical (unpaired) electrons. The van der Waals surface area contributed by atoms with Gasteiger partial charge in [-0.2, -0.15) is 0 Å². The summed E-state index contributed by atoms with van der Waals surface area (Å²) in [4.78, 5) is 25.7. The minimum atomic E-state index is -4.76. The lowest BCUT2D eigenvalue weighted by Crippen LogP contribution is -2.46. The second kappa shape index (κ2) is 8.88. The number of carbonyl (C=O) groups excluding carboxylic acids is 2. The predicted molar refractivity (Wildman–Crippen MR) is 86.2 cm³/mol. The van der Waals surface area contributed by atoms with Gasteiger partial charge in [0.05, 0.1) is 12.5 Å². The van der Waals surface area contributed by atoms with Crippen molar-refractivity contribution in [1.82, 2.24) is 10.2 Å². The van der Waals surface area contributed by atoms with Gasteiger partial charge in [0, 0.05) is 33.2 Å². The lowest BCUT2D eigenvalue weighted by molar-refractivity contribution is -0.274. The van der Waals surface area contributed by atoms with Crippen LogP contribution in [0.25, 0.3) is 0 Å². The fourth-order valence-corrected chi connectivity index (χ4v) is 2.73. The van der Waals surface area contributed by atoms with Crippen LogP contribution in [0.2, 0.25) is 0 Å². The van der Waals surface area contributed by atoms with Crippen molar-refractivity contribution in [1.29, 1.82) is 0 Å². The minimum absolute atomic E-state index is 0.0110. The molecule has 0 saturated carbocycles. The van der Waals surface area contributed by atoms with Crippen LogP contribution in [0.3, 0.4) is 0 Å². The van der Waals surface area contributed by atoms with Crippen LogP contribution < -0.4 is 10.1 Å². The maximum absolute atomic E-state index is 12.3. The lowest BCUT2D eigenvalue weighted by Gasteiger charge is -2.31. The quantitative estimate of drug-likeness (QED) is 0.794. The summed E-state index contributed by atoms with van der Waals surface area (Å²) in [6.45, 7) is 1.21. The number of piperidine rings is 1. The van der Waals surface area contributed by atoms with E-state index in [1.807, 2.05) is 0 Å². The molecule has 1 aromatic rings. The van der Waals surface area contributed by atoms with Crippen LogP contribution in [0.5, 0.6) is 5.75 Å². The number of alkyl halides is 3. The number of nitrogens with one attached hydrogen (secondary N) is 1. The Morgan fingerprint density at radius 3 is 2.85 bits per heavy atom. The SMILES string of the molecule is COCCN1C[C@@H](C(=O)NCc2cccc(OC(F)(F)F)c2)CCC1=O. The number of nitrogens with zero attached hydrogens (tertiary/aromatic N) is 1. The van der Waals surface area contributed by atoms with Gasteiger partial charge in [0.1, 0.15) is 5.75 Å². The molecule has 0 aliphatic carbocycles. The van der Waals surface area contributed by atoms with E-state index in [2.05, 4.69) is 10.1 Å². The smallest absolute Gasteiger partial charge is 0.406 e. The first-order valence-electron chi connectivity index (χ1n) is 8.17. The maximum atomic E-state index is 12.3. The molecular formula is C17H21F3N2O4. The van der Waals surface area contributed by atoms with Gasteiger partial charge >= 0.3 is 6.36 Å². The normalized spacial score (nSPS) is 17.9. The molecule has 2 amide bonds. The van der Waals surface area contributed by atoms with Crippen molar-refractivity contribution in [3.05, 3.63) is 29.8 Å². The van der Waals surface area contributed by atoms with E-state index in [1.54, 1.807) is 11.0 Å². The minimum Gasteiger partial charge on any atom is -0.406 e. The van der Waals surface area contributed by atoms with Gasteiger partial charge in [-0.1, -0.05) is 12.1 Å². The van der Waals surface area contributed by atoms with Gasteiger partial charge in [-0.05, 0) is 24.1 Å². The first-order valence-corrected chi connectivity index (χ1v) is 8.17. The van der Waals surface area contributed by atoms with E-state index in [4.69, 9.17) is 4.74 Å². The summed E-state index contributed by atoms with van der Waals surface area (Å²) in [5, 5.41) is 2.71. The predicted octanol–water partition coefficient (Wildman–Crippen LogP) is 2.09. The first kappa shape index (κ1) is 20.0. The molecule has 0 unspecified atom stereocenters. The van der Waals surface area contributed by atoms with Crippen LogP contribution in [-0.2, 0) is 20.9 Å². The molecule has 0 bridgehead atoms.